The first-order valence-corrected chi connectivity index (χ1v) is 21.0. The van der Waals surface area contributed by atoms with Crippen molar-refractivity contribution >= 4 is 42.6 Å². The molecule has 0 fully saturated rings. The van der Waals surface area contributed by atoms with Crippen LogP contribution in [0, 0.1) is 23.5 Å². The lowest BCUT2D eigenvalue weighted by molar-refractivity contribution is -0.170. The summed E-state index contributed by atoms with van der Waals surface area (Å²) in [6.07, 6.45) is -6.45. The summed E-state index contributed by atoms with van der Waals surface area (Å²) in [5.41, 5.74) is 0.0836. The Kier molecular flexibility index (Phi) is 12.5. The molecule has 0 aliphatic carbocycles. The summed E-state index contributed by atoms with van der Waals surface area (Å²) in [5.74, 6) is 1.27. The molecule has 0 radical (unpaired) electrons. The number of fused-ring (bicyclic) bond motifs is 1. The first-order chi connectivity index (χ1) is 25.1. The molecule has 2 aromatic heterocycles. The van der Waals surface area contributed by atoms with Gasteiger partial charge in [0, 0.05) is 35.5 Å². The van der Waals surface area contributed by atoms with Crippen LogP contribution in [0.3, 0.4) is 0 Å². The van der Waals surface area contributed by atoms with Crippen LogP contribution in [0.4, 0.5) is 22.0 Å². The van der Waals surface area contributed by atoms with Crippen LogP contribution in [-0.4, -0.2) is 52.2 Å². The smallest absolute Gasteiger partial charge is 0.450 e. The lowest BCUT2D eigenvalue weighted by Gasteiger charge is -2.40. The summed E-state index contributed by atoms with van der Waals surface area (Å²) in [5, 5.41) is 4.38. The van der Waals surface area contributed by atoms with Crippen molar-refractivity contribution in [2.24, 2.45) is 7.05 Å². The van der Waals surface area contributed by atoms with Crippen molar-refractivity contribution in [1.29, 1.82) is 0 Å². The monoisotopic (exact) mass is 803 g/mol. The van der Waals surface area contributed by atoms with Gasteiger partial charge in [0.2, 0.25) is 5.78 Å². The second-order valence-electron chi connectivity index (χ2n) is 16.7. The van der Waals surface area contributed by atoms with Crippen molar-refractivity contribution in [2.45, 2.75) is 116 Å². The number of pyridine rings is 1. The summed E-state index contributed by atoms with van der Waals surface area (Å²) in [7, 11) is -0.736. The summed E-state index contributed by atoms with van der Waals surface area (Å²) in [4.78, 5) is 30.5. The lowest BCUT2D eigenvalue weighted by Crippen LogP contribution is -2.47. The number of benzene rings is 2. The highest BCUT2D eigenvalue weighted by molar-refractivity contribution is 6.74. The van der Waals surface area contributed by atoms with E-state index in [9.17, 15) is 31.5 Å². The third kappa shape index (κ3) is 11.0. The number of halogens is 6. The molecule has 2 aromatic carbocycles. The number of hydrogen-bond donors (Lipinski definition) is 0. The highest BCUT2D eigenvalue weighted by Gasteiger charge is 2.41. The second kappa shape index (κ2) is 15.8. The van der Waals surface area contributed by atoms with Crippen molar-refractivity contribution in [2.75, 3.05) is 0 Å². The van der Waals surface area contributed by atoms with Crippen LogP contribution >= 0.6 is 11.6 Å². The Bertz CT molecular complexity index is 2150. The fraction of sp³-hybridized carbons (Fsp3) is 0.463. The number of aryl methyl sites for hydroxylation is 1. The Morgan fingerprint density at radius 3 is 2.09 bits per heavy atom. The average molecular weight is 804 g/mol. The molecule has 0 N–H and O–H groups in total. The van der Waals surface area contributed by atoms with Crippen LogP contribution in [0.15, 0.2) is 42.5 Å². The second-order valence-corrected chi connectivity index (χ2v) is 21.8. The number of rotatable bonds is 10. The molecule has 0 aliphatic heterocycles. The van der Waals surface area contributed by atoms with E-state index in [0.29, 0.717) is 28.0 Å². The van der Waals surface area contributed by atoms with Crippen LogP contribution in [0.2, 0.25) is 23.2 Å². The summed E-state index contributed by atoms with van der Waals surface area (Å²) >= 11 is 6.56. The number of alkyl halides is 3. The van der Waals surface area contributed by atoms with Gasteiger partial charge in [0.25, 0.3) is 0 Å². The zero-order valence-corrected chi connectivity index (χ0v) is 34.7. The number of Topliss-reactive ketones (excluding diaryl/α,β-unsaturated/α-hetero) is 1. The normalized spacial score (nSPS) is 13.4. The number of ether oxygens (including phenoxy) is 1. The topological polar surface area (TPSA) is 83.3 Å². The molecule has 4 aromatic rings. The lowest BCUT2D eigenvalue weighted by atomic mass is 9.87. The van der Waals surface area contributed by atoms with E-state index in [1.807, 2.05) is 13.8 Å². The highest BCUT2D eigenvalue weighted by Crippen LogP contribution is 2.41. The van der Waals surface area contributed by atoms with Gasteiger partial charge in [0.1, 0.15) is 28.5 Å². The minimum atomic E-state index is -5.09. The molecule has 55 heavy (non-hydrogen) atoms. The number of ketones is 1. The Labute approximate surface area is 325 Å². The Morgan fingerprint density at radius 2 is 1.53 bits per heavy atom. The molecule has 0 unspecified atom stereocenters. The molecule has 0 spiro atoms. The van der Waals surface area contributed by atoms with Crippen molar-refractivity contribution in [3.63, 3.8) is 0 Å². The van der Waals surface area contributed by atoms with Gasteiger partial charge in [-0.05, 0) is 101 Å². The Hall–Kier alpha value is -4.12. The van der Waals surface area contributed by atoms with E-state index in [1.165, 1.54) is 29.9 Å². The fourth-order valence-corrected chi connectivity index (χ4v) is 7.92. The van der Waals surface area contributed by atoms with Gasteiger partial charge in [0.05, 0.1) is 34.8 Å². The minimum absolute atomic E-state index is 0.0573. The number of carbonyl (C=O) groups is 2. The molecule has 0 saturated carbocycles. The predicted octanol–water partition coefficient (Wildman–Crippen LogP) is 10.5. The number of esters is 1. The van der Waals surface area contributed by atoms with E-state index >= 15 is 0 Å². The van der Waals surface area contributed by atoms with Crippen molar-refractivity contribution in [1.82, 2.24) is 14.8 Å². The number of hydrogen-bond acceptors (Lipinski definition) is 6. The van der Waals surface area contributed by atoms with Crippen LogP contribution < -0.4 is 0 Å². The minimum Gasteiger partial charge on any atom is -0.460 e. The predicted molar refractivity (Wildman–Crippen MR) is 206 cm³/mol. The zero-order chi connectivity index (χ0) is 41.5. The van der Waals surface area contributed by atoms with Gasteiger partial charge >= 0.3 is 12.1 Å². The largest absolute Gasteiger partial charge is 0.460 e. The summed E-state index contributed by atoms with van der Waals surface area (Å²) in [6.45, 7) is 19.5. The third-order valence-corrected chi connectivity index (χ3v) is 14.2. The van der Waals surface area contributed by atoms with Gasteiger partial charge in [-0.2, -0.15) is 18.3 Å². The molecular formula is C41H47ClF5N3O4Si. The maximum absolute atomic E-state index is 14.5. The quantitative estimate of drug-likeness (QED) is 0.0687. The van der Waals surface area contributed by atoms with Gasteiger partial charge < -0.3 is 9.16 Å². The SMILES string of the molecule is Cn1nc(CC(=O)C(F)(F)F)c2c(Cl)ccc(-c3ccc(C#CC(C)(C)O[Si](C)(C)C(C)(C)C)nc3[C@@H](CC(=O)OC(C)(C)C)Cc3cc(F)cc(F)c3)c21. The maximum atomic E-state index is 14.5. The van der Waals surface area contributed by atoms with Gasteiger partial charge in [-0.25, -0.2) is 13.8 Å². The number of nitrogens with zero attached hydrogens (tertiary/aromatic N) is 3. The molecule has 14 heteroatoms. The van der Waals surface area contributed by atoms with Gasteiger partial charge in [-0.1, -0.05) is 44.4 Å². The molecule has 4 rings (SSSR count). The van der Waals surface area contributed by atoms with Crippen LogP contribution in [0.5, 0.6) is 0 Å². The van der Waals surface area contributed by atoms with E-state index in [0.717, 1.165) is 6.07 Å². The third-order valence-electron chi connectivity index (χ3n) is 9.30. The molecular weight excluding hydrogens is 757 g/mol. The van der Waals surface area contributed by atoms with E-state index in [4.69, 9.17) is 25.7 Å². The summed E-state index contributed by atoms with van der Waals surface area (Å²) in [6, 6.07) is 9.56. The zero-order valence-electron chi connectivity index (χ0n) is 33.0. The van der Waals surface area contributed by atoms with E-state index in [1.54, 1.807) is 39.0 Å². The first kappa shape index (κ1) is 43.6. The van der Waals surface area contributed by atoms with Crippen LogP contribution in [-0.2, 0) is 38.6 Å². The number of aromatic nitrogens is 3. The maximum Gasteiger partial charge on any atom is 0.450 e. The van der Waals surface area contributed by atoms with Crippen LogP contribution in [0.1, 0.15) is 90.4 Å². The van der Waals surface area contributed by atoms with E-state index in [-0.39, 0.29) is 39.5 Å². The Morgan fingerprint density at radius 1 is 0.927 bits per heavy atom. The van der Waals surface area contributed by atoms with Gasteiger partial charge in [-0.3, -0.25) is 14.3 Å². The molecule has 2 heterocycles. The molecule has 7 nitrogen and oxygen atoms in total. The molecule has 0 aliphatic rings. The molecule has 296 valence electrons. The molecule has 0 bridgehead atoms. The van der Waals surface area contributed by atoms with Crippen LogP contribution in [0.25, 0.3) is 22.0 Å². The highest BCUT2D eigenvalue weighted by atomic mass is 35.5. The van der Waals surface area contributed by atoms with Crippen molar-refractivity contribution in [3.8, 4) is 23.0 Å². The first-order valence-electron chi connectivity index (χ1n) is 17.7. The van der Waals surface area contributed by atoms with E-state index < -0.39 is 61.4 Å². The Balaban J connectivity index is 2.00. The van der Waals surface area contributed by atoms with E-state index in [2.05, 4.69) is 50.8 Å². The molecule has 1 atom stereocenters. The van der Waals surface area contributed by atoms with Crippen molar-refractivity contribution < 1.29 is 40.7 Å². The van der Waals surface area contributed by atoms with Gasteiger partial charge in [-0.15, -0.1) is 0 Å². The average Bonchev–Trinajstić information content (AvgIpc) is 3.33. The number of carbonyl (C=O) groups excluding carboxylic acids is 2. The summed E-state index contributed by atoms with van der Waals surface area (Å²) < 4.78 is 82.7. The molecule has 0 amide bonds. The molecule has 0 saturated heterocycles. The van der Waals surface area contributed by atoms with Gasteiger partial charge in [0.15, 0.2) is 8.32 Å². The standard InChI is InChI=1S/C41H47ClF5N3O4Si/c1-38(2,3)53-34(52)21-25(18-24-19-26(43)22-27(44)20-24)36-29(13-12-28(48-36)16-17-40(7,8)54-55(10,11)39(4,5)6)30-14-15-31(42)35-32(49-50(9)37(30)35)23-33(51)41(45,46)47/h12-15,19-20,22,25H,18,21,23H2,1-11H3/t25-/m1/s1. The fourth-order valence-electron chi connectivity index (χ4n) is 6.03. The van der Waals surface area contributed by atoms with Crippen molar-refractivity contribution in [3.05, 3.63) is 81.8 Å².